The maximum atomic E-state index is 13.6. The van der Waals surface area contributed by atoms with Gasteiger partial charge in [-0.1, -0.05) is 103 Å². The Morgan fingerprint density at radius 1 is 0.795 bits per heavy atom. The molecule has 44 heavy (non-hydrogen) atoms. The number of halogens is 1. The Balaban J connectivity index is 1.24. The number of piperazine rings is 1. The van der Waals surface area contributed by atoms with E-state index in [1.165, 1.54) is 29.3 Å². The molecule has 0 radical (unpaired) electrons. The van der Waals surface area contributed by atoms with Crippen molar-refractivity contribution >= 4 is 29.1 Å². The summed E-state index contributed by atoms with van der Waals surface area (Å²) in [4.78, 5) is 43.5. The van der Waals surface area contributed by atoms with Gasteiger partial charge in [-0.2, -0.15) is 0 Å². The van der Waals surface area contributed by atoms with E-state index in [0.717, 1.165) is 18.7 Å². The predicted molar refractivity (Wildman–Crippen MR) is 172 cm³/mol. The van der Waals surface area contributed by atoms with Crippen LogP contribution in [0.2, 0.25) is 5.02 Å². The molecule has 1 fully saturated rings. The normalized spacial score (nSPS) is 13.5. The molecule has 226 valence electrons. The fourth-order valence-corrected chi connectivity index (χ4v) is 5.94. The molecule has 9 heteroatoms. The van der Waals surface area contributed by atoms with E-state index in [-0.39, 0.29) is 47.1 Å². The minimum Gasteiger partial charge on any atom is -0.340 e. The molecule has 4 aromatic carbocycles. The summed E-state index contributed by atoms with van der Waals surface area (Å²) < 4.78 is 0. The average Bonchev–Trinajstić information content (AvgIpc) is 3.06. The lowest BCUT2D eigenvalue weighted by molar-refractivity contribution is -0.384. The third kappa shape index (κ3) is 7.70. The van der Waals surface area contributed by atoms with Crippen LogP contribution in [-0.4, -0.2) is 70.7 Å². The molecule has 0 aromatic heterocycles. The van der Waals surface area contributed by atoms with Crippen LogP contribution in [0.15, 0.2) is 109 Å². The van der Waals surface area contributed by atoms with Gasteiger partial charge in [0.2, 0.25) is 5.91 Å². The van der Waals surface area contributed by atoms with E-state index in [1.807, 2.05) is 47.4 Å². The molecule has 8 nitrogen and oxygen atoms in total. The zero-order valence-corrected chi connectivity index (χ0v) is 25.2. The molecule has 1 saturated heterocycles. The van der Waals surface area contributed by atoms with E-state index in [4.69, 9.17) is 11.6 Å². The largest absolute Gasteiger partial charge is 0.340 e. The maximum Gasteiger partial charge on any atom is 0.270 e. The third-order valence-corrected chi connectivity index (χ3v) is 8.37. The molecule has 5 rings (SSSR count). The fraction of sp³-hybridized carbons (Fsp3) is 0.257. The Hall–Kier alpha value is -4.53. The number of nitro benzene ring substituents is 1. The number of amides is 2. The van der Waals surface area contributed by atoms with Gasteiger partial charge < -0.3 is 9.80 Å². The van der Waals surface area contributed by atoms with Crippen molar-refractivity contribution in [2.75, 3.05) is 39.3 Å². The summed E-state index contributed by atoms with van der Waals surface area (Å²) in [6.07, 6.45) is 0.774. The quantitative estimate of drug-likeness (QED) is 0.148. The van der Waals surface area contributed by atoms with E-state index in [2.05, 4.69) is 53.4 Å². The van der Waals surface area contributed by atoms with Gasteiger partial charge in [0.1, 0.15) is 0 Å². The van der Waals surface area contributed by atoms with Crippen molar-refractivity contribution < 1.29 is 14.5 Å². The number of non-ortho nitro benzene ring substituents is 1. The Morgan fingerprint density at radius 3 is 1.91 bits per heavy atom. The molecule has 1 aliphatic rings. The first-order chi connectivity index (χ1) is 21.4. The van der Waals surface area contributed by atoms with Gasteiger partial charge in [0.25, 0.3) is 11.6 Å². The highest BCUT2D eigenvalue weighted by molar-refractivity contribution is 6.34. The van der Waals surface area contributed by atoms with Gasteiger partial charge in [-0.15, -0.1) is 0 Å². The second kappa shape index (κ2) is 14.8. The highest BCUT2D eigenvalue weighted by Crippen LogP contribution is 2.30. The SMILES string of the molecule is O=C(CCN(CCc1ccccc1)C(=O)c1ccc([N+](=O)[O-])cc1Cl)N1CCN(C(c2ccccc2)c2ccccc2)CC1. The third-order valence-electron chi connectivity index (χ3n) is 8.05. The van der Waals surface area contributed by atoms with Crippen LogP contribution in [0.25, 0.3) is 0 Å². The minimum atomic E-state index is -0.548. The fourth-order valence-electron chi connectivity index (χ4n) is 5.69. The van der Waals surface area contributed by atoms with Crippen molar-refractivity contribution in [3.63, 3.8) is 0 Å². The lowest BCUT2D eigenvalue weighted by atomic mass is 9.96. The average molecular weight is 611 g/mol. The maximum absolute atomic E-state index is 13.6. The van der Waals surface area contributed by atoms with Crippen LogP contribution < -0.4 is 0 Å². The highest BCUT2D eigenvalue weighted by Gasteiger charge is 2.29. The van der Waals surface area contributed by atoms with Gasteiger partial charge in [-0.3, -0.25) is 24.6 Å². The van der Waals surface area contributed by atoms with Gasteiger partial charge in [0.15, 0.2) is 0 Å². The van der Waals surface area contributed by atoms with Gasteiger partial charge >= 0.3 is 0 Å². The first kappa shape index (κ1) is 30.9. The highest BCUT2D eigenvalue weighted by atomic mass is 35.5. The van der Waals surface area contributed by atoms with Gasteiger partial charge in [-0.05, 0) is 29.2 Å². The molecule has 4 aromatic rings. The van der Waals surface area contributed by atoms with E-state index in [1.54, 1.807) is 4.90 Å². The second-order valence-corrected chi connectivity index (χ2v) is 11.2. The first-order valence-corrected chi connectivity index (χ1v) is 15.2. The monoisotopic (exact) mass is 610 g/mol. The summed E-state index contributed by atoms with van der Waals surface area (Å²) >= 11 is 6.31. The number of carbonyl (C=O) groups is 2. The van der Waals surface area contributed by atoms with Gasteiger partial charge in [0, 0.05) is 57.8 Å². The van der Waals surface area contributed by atoms with Gasteiger partial charge in [-0.25, -0.2) is 0 Å². The molecule has 1 aliphatic heterocycles. The molecular formula is C35H35ClN4O4. The number of rotatable bonds is 11. The topological polar surface area (TPSA) is 87.0 Å². The van der Waals surface area contributed by atoms with Crippen LogP contribution in [0.4, 0.5) is 5.69 Å². The number of benzene rings is 4. The molecule has 0 spiro atoms. The zero-order chi connectivity index (χ0) is 30.9. The van der Waals surface area contributed by atoms with Crippen LogP contribution >= 0.6 is 11.6 Å². The van der Waals surface area contributed by atoms with Gasteiger partial charge in [0.05, 0.1) is 21.6 Å². The molecule has 2 amide bonds. The summed E-state index contributed by atoms with van der Waals surface area (Å²) in [5.74, 6) is -0.361. The van der Waals surface area contributed by atoms with Crippen molar-refractivity contribution in [3.05, 3.63) is 147 Å². The summed E-state index contributed by atoms with van der Waals surface area (Å²) in [6, 6.07) is 34.6. The number of nitro groups is 1. The van der Waals surface area contributed by atoms with Crippen molar-refractivity contribution in [2.24, 2.45) is 0 Å². The smallest absolute Gasteiger partial charge is 0.270 e. The summed E-state index contributed by atoms with van der Waals surface area (Å²) in [5, 5.41) is 11.2. The summed E-state index contributed by atoms with van der Waals surface area (Å²) in [5.41, 5.74) is 3.50. The summed E-state index contributed by atoms with van der Waals surface area (Å²) in [7, 11) is 0. The predicted octanol–water partition coefficient (Wildman–Crippen LogP) is 6.26. The van der Waals surface area contributed by atoms with Crippen LogP contribution in [0.3, 0.4) is 0 Å². The lowest BCUT2D eigenvalue weighted by Crippen LogP contribution is -2.50. The Morgan fingerprint density at radius 2 is 1.36 bits per heavy atom. The molecule has 0 bridgehead atoms. The molecular weight excluding hydrogens is 576 g/mol. The molecule has 0 atom stereocenters. The van der Waals surface area contributed by atoms with Crippen molar-refractivity contribution in [3.8, 4) is 0 Å². The first-order valence-electron chi connectivity index (χ1n) is 14.8. The summed E-state index contributed by atoms with van der Waals surface area (Å²) in [6.45, 7) is 3.26. The molecule has 0 N–H and O–H groups in total. The van der Waals surface area contributed by atoms with Crippen LogP contribution in [-0.2, 0) is 11.2 Å². The Bertz CT molecular complexity index is 1520. The lowest BCUT2D eigenvalue weighted by Gasteiger charge is -2.40. The van der Waals surface area contributed by atoms with E-state index in [0.29, 0.717) is 26.1 Å². The van der Waals surface area contributed by atoms with Crippen LogP contribution in [0, 0.1) is 10.1 Å². The van der Waals surface area contributed by atoms with E-state index >= 15 is 0 Å². The number of hydrogen-bond acceptors (Lipinski definition) is 5. The second-order valence-electron chi connectivity index (χ2n) is 10.8. The molecule has 0 unspecified atom stereocenters. The van der Waals surface area contributed by atoms with Crippen molar-refractivity contribution in [1.82, 2.24) is 14.7 Å². The standard InChI is InChI=1S/C35H35ClN4O4/c36-32-26-30(40(43)44)16-17-31(32)35(42)39(20-18-27-10-4-1-5-11-27)21-19-33(41)37-22-24-38(25-23-37)34(28-12-6-2-7-13-28)29-14-8-3-9-15-29/h1-17,26,34H,18-25H2. The number of hydrogen-bond donors (Lipinski definition) is 0. The van der Waals surface area contributed by atoms with E-state index in [9.17, 15) is 19.7 Å². The Labute approximate surface area is 262 Å². The minimum absolute atomic E-state index is 0.00655. The molecule has 1 heterocycles. The van der Waals surface area contributed by atoms with Crippen LogP contribution in [0.1, 0.15) is 39.5 Å². The number of nitrogens with zero attached hydrogens (tertiary/aromatic N) is 4. The number of carbonyl (C=O) groups excluding carboxylic acids is 2. The van der Waals surface area contributed by atoms with Crippen LogP contribution in [0.5, 0.6) is 0 Å². The van der Waals surface area contributed by atoms with Crippen molar-refractivity contribution in [2.45, 2.75) is 18.9 Å². The van der Waals surface area contributed by atoms with Crippen molar-refractivity contribution in [1.29, 1.82) is 0 Å². The molecule has 0 saturated carbocycles. The zero-order valence-electron chi connectivity index (χ0n) is 24.4. The Kier molecular flexibility index (Phi) is 10.4. The van der Waals surface area contributed by atoms with E-state index < -0.39 is 4.92 Å². The molecule has 0 aliphatic carbocycles.